The molecule has 3 aromatic rings. The third kappa shape index (κ3) is 4.28. The summed E-state index contributed by atoms with van der Waals surface area (Å²) in [5.74, 6) is 0.0679. The second-order valence-corrected chi connectivity index (χ2v) is 7.64. The van der Waals surface area contributed by atoms with Crippen molar-refractivity contribution in [3.05, 3.63) is 24.0 Å². The van der Waals surface area contributed by atoms with Crippen molar-refractivity contribution >= 4 is 34.7 Å². The molecule has 5 rings (SSSR count). The zero-order chi connectivity index (χ0) is 23.7. The summed E-state index contributed by atoms with van der Waals surface area (Å²) in [5.41, 5.74) is 0.400. The molecule has 0 bridgehead atoms. The average Bonchev–Trinajstić information content (AvgIpc) is 3.26. The minimum atomic E-state index is -2.96. The van der Waals surface area contributed by atoms with Gasteiger partial charge in [-0.2, -0.15) is 15.0 Å². The van der Waals surface area contributed by atoms with E-state index in [1.54, 1.807) is 12.1 Å². The average molecular weight is 476 g/mol. The fourth-order valence-corrected chi connectivity index (χ4v) is 3.94. The SMILES string of the molecule is O=C(O)Nc1cccc2c1nc(C(F)F)n2-c1nc(N2CCOCC2)nc(N2CCOCC2)n1. The highest BCUT2D eigenvalue weighted by Crippen LogP contribution is 2.31. The molecule has 0 unspecified atom stereocenters. The van der Waals surface area contributed by atoms with Crippen molar-refractivity contribution in [1.29, 1.82) is 0 Å². The van der Waals surface area contributed by atoms with Crippen LogP contribution in [0.2, 0.25) is 0 Å². The van der Waals surface area contributed by atoms with Crippen molar-refractivity contribution in [3.8, 4) is 5.95 Å². The van der Waals surface area contributed by atoms with Crippen LogP contribution in [0.5, 0.6) is 0 Å². The van der Waals surface area contributed by atoms with Gasteiger partial charge >= 0.3 is 6.09 Å². The molecule has 0 radical (unpaired) electrons. The van der Waals surface area contributed by atoms with Gasteiger partial charge in [0.05, 0.1) is 37.6 Å². The summed E-state index contributed by atoms with van der Waals surface area (Å²) in [6.45, 7) is 4.16. The first-order valence-corrected chi connectivity index (χ1v) is 10.7. The molecule has 1 amide bonds. The maximum Gasteiger partial charge on any atom is 0.409 e. The van der Waals surface area contributed by atoms with Crippen LogP contribution in [0.1, 0.15) is 12.2 Å². The molecule has 180 valence electrons. The van der Waals surface area contributed by atoms with Crippen LogP contribution in [0.15, 0.2) is 18.2 Å². The standard InChI is InChI=1S/C20H22F2N8O4/c21-15(22)16-24-14-12(23-20(31)32)2-1-3-13(14)30(16)19-26-17(28-4-8-33-9-5-28)25-18(27-19)29-6-10-34-11-7-29/h1-3,15,23H,4-11H2,(H,31,32). The number of hydrogen-bond donors (Lipinski definition) is 2. The van der Waals surface area contributed by atoms with Crippen LogP contribution in [-0.2, 0) is 9.47 Å². The lowest BCUT2D eigenvalue weighted by Gasteiger charge is -2.30. The van der Waals surface area contributed by atoms with E-state index in [1.807, 2.05) is 9.80 Å². The second kappa shape index (κ2) is 9.30. The number of benzene rings is 1. The number of hydrogen-bond acceptors (Lipinski definition) is 9. The number of rotatable bonds is 5. The Kier molecular flexibility index (Phi) is 6.06. The Balaban J connectivity index is 1.69. The molecule has 2 saturated heterocycles. The van der Waals surface area contributed by atoms with Gasteiger partial charge in [-0.05, 0) is 12.1 Å². The van der Waals surface area contributed by atoms with Gasteiger partial charge < -0.3 is 24.4 Å². The van der Waals surface area contributed by atoms with Gasteiger partial charge in [-0.3, -0.25) is 9.88 Å². The summed E-state index contributed by atoms with van der Waals surface area (Å²) < 4.78 is 40.2. The number of morpholine rings is 2. The molecular formula is C20H22F2N8O4. The molecule has 2 aliphatic heterocycles. The molecule has 1 aromatic carbocycles. The molecule has 2 fully saturated rings. The fourth-order valence-electron chi connectivity index (χ4n) is 3.94. The van der Waals surface area contributed by atoms with Crippen molar-refractivity contribution in [2.75, 3.05) is 67.7 Å². The monoisotopic (exact) mass is 476 g/mol. The second-order valence-electron chi connectivity index (χ2n) is 7.64. The van der Waals surface area contributed by atoms with Crippen LogP contribution in [0.4, 0.5) is 31.2 Å². The van der Waals surface area contributed by atoms with Crippen molar-refractivity contribution in [1.82, 2.24) is 24.5 Å². The van der Waals surface area contributed by atoms with E-state index < -0.39 is 18.3 Å². The van der Waals surface area contributed by atoms with Gasteiger partial charge in [0.15, 0.2) is 5.82 Å². The molecule has 2 N–H and O–H groups in total. The van der Waals surface area contributed by atoms with E-state index in [1.165, 1.54) is 6.07 Å². The number of nitrogens with zero attached hydrogens (tertiary/aromatic N) is 7. The molecule has 0 spiro atoms. The lowest BCUT2D eigenvalue weighted by Crippen LogP contribution is -2.40. The van der Waals surface area contributed by atoms with E-state index in [0.29, 0.717) is 64.5 Å². The normalized spacial score (nSPS) is 16.9. The van der Waals surface area contributed by atoms with Crippen molar-refractivity contribution in [2.24, 2.45) is 0 Å². The minimum absolute atomic E-state index is 0.0248. The molecule has 2 aliphatic rings. The largest absolute Gasteiger partial charge is 0.465 e. The van der Waals surface area contributed by atoms with E-state index in [2.05, 4.69) is 25.3 Å². The Morgan fingerprint density at radius 3 is 2.00 bits per heavy atom. The number of anilines is 3. The first kappa shape index (κ1) is 22.2. The number of carboxylic acid groups (broad SMARTS) is 1. The van der Waals surface area contributed by atoms with Crippen LogP contribution in [0.25, 0.3) is 17.0 Å². The van der Waals surface area contributed by atoms with E-state index in [0.717, 1.165) is 4.57 Å². The molecule has 34 heavy (non-hydrogen) atoms. The summed E-state index contributed by atoms with van der Waals surface area (Å²) in [5, 5.41) is 11.3. The van der Waals surface area contributed by atoms with Gasteiger partial charge in [0.1, 0.15) is 5.52 Å². The molecule has 0 aliphatic carbocycles. The van der Waals surface area contributed by atoms with Gasteiger partial charge in [-0.15, -0.1) is 0 Å². The van der Waals surface area contributed by atoms with Crippen molar-refractivity contribution < 1.29 is 28.2 Å². The smallest absolute Gasteiger partial charge is 0.409 e. The highest BCUT2D eigenvalue weighted by molar-refractivity contribution is 5.97. The molecule has 14 heteroatoms. The number of ether oxygens (including phenoxy) is 2. The molecule has 0 saturated carbocycles. The number of fused-ring (bicyclic) bond motifs is 1. The number of imidazole rings is 1. The van der Waals surface area contributed by atoms with Crippen molar-refractivity contribution in [3.63, 3.8) is 0 Å². The third-order valence-electron chi connectivity index (χ3n) is 5.54. The third-order valence-corrected chi connectivity index (χ3v) is 5.54. The van der Waals surface area contributed by atoms with Crippen molar-refractivity contribution in [2.45, 2.75) is 6.43 Å². The quantitative estimate of drug-likeness (QED) is 0.563. The summed E-state index contributed by atoms with van der Waals surface area (Å²) in [6, 6.07) is 4.57. The Morgan fingerprint density at radius 1 is 0.912 bits per heavy atom. The fraction of sp³-hybridized carbons (Fsp3) is 0.450. The number of carbonyl (C=O) groups is 1. The van der Waals surface area contributed by atoms with Crippen LogP contribution in [-0.4, -0.2) is 88.3 Å². The number of para-hydroxylation sites is 1. The predicted molar refractivity (Wildman–Crippen MR) is 117 cm³/mol. The zero-order valence-corrected chi connectivity index (χ0v) is 18.0. The Morgan fingerprint density at radius 2 is 1.47 bits per heavy atom. The number of nitrogens with one attached hydrogen (secondary N) is 1. The lowest BCUT2D eigenvalue weighted by molar-refractivity contribution is 0.121. The topological polar surface area (TPSA) is 131 Å². The maximum atomic E-state index is 14.1. The highest BCUT2D eigenvalue weighted by atomic mass is 19.3. The number of aromatic nitrogens is 5. The zero-order valence-electron chi connectivity index (χ0n) is 18.0. The van der Waals surface area contributed by atoms with Crippen LogP contribution >= 0.6 is 0 Å². The van der Waals surface area contributed by atoms with E-state index in [4.69, 9.17) is 14.6 Å². The van der Waals surface area contributed by atoms with Crippen LogP contribution in [0.3, 0.4) is 0 Å². The molecule has 0 atom stereocenters. The first-order chi connectivity index (χ1) is 16.5. The number of alkyl halides is 2. The van der Waals surface area contributed by atoms with Gasteiger partial charge in [0.2, 0.25) is 17.8 Å². The Bertz CT molecular complexity index is 1160. The summed E-state index contributed by atoms with van der Waals surface area (Å²) in [4.78, 5) is 32.7. The van der Waals surface area contributed by atoms with E-state index in [-0.39, 0.29) is 22.7 Å². The van der Waals surface area contributed by atoms with Gasteiger partial charge in [0.25, 0.3) is 6.43 Å². The summed E-state index contributed by atoms with van der Waals surface area (Å²) in [7, 11) is 0. The molecule has 12 nitrogen and oxygen atoms in total. The van der Waals surface area contributed by atoms with Gasteiger partial charge in [-0.25, -0.2) is 18.6 Å². The minimum Gasteiger partial charge on any atom is -0.465 e. The number of amides is 1. The first-order valence-electron chi connectivity index (χ1n) is 10.7. The molecule has 2 aromatic heterocycles. The predicted octanol–water partition coefficient (Wildman–Crippen LogP) is 1.91. The van der Waals surface area contributed by atoms with Gasteiger partial charge in [0, 0.05) is 26.2 Å². The van der Waals surface area contributed by atoms with Gasteiger partial charge in [-0.1, -0.05) is 6.07 Å². The maximum absolute atomic E-state index is 14.1. The number of halogens is 2. The van der Waals surface area contributed by atoms with Crippen LogP contribution in [0, 0.1) is 0 Å². The Labute approximate surface area is 192 Å². The summed E-state index contributed by atoms with van der Waals surface area (Å²) in [6.07, 6.45) is -4.29. The highest BCUT2D eigenvalue weighted by Gasteiger charge is 2.27. The lowest BCUT2D eigenvalue weighted by atomic mass is 10.2. The van der Waals surface area contributed by atoms with Crippen LogP contribution < -0.4 is 15.1 Å². The van der Waals surface area contributed by atoms with E-state index in [9.17, 15) is 13.6 Å². The summed E-state index contributed by atoms with van der Waals surface area (Å²) >= 11 is 0. The molecule has 4 heterocycles. The Hall–Kier alpha value is -3.65. The van der Waals surface area contributed by atoms with E-state index >= 15 is 0 Å². The molecular weight excluding hydrogens is 454 g/mol.